The van der Waals surface area contributed by atoms with Gasteiger partial charge in [-0.3, -0.25) is 9.11 Å². The molecule has 0 radical (unpaired) electrons. The van der Waals surface area contributed by atoms with Crippen molar-refractivity contribution in [2.24, 2.45) is 0 Å². The Morgan fingerprint density at radius 1 is 0.878 bits per heavy atom. The largest absolute Gasteiger partial charge is 0.355 e. The molecule has 2 heterocycles. The van der Waals surface area contributed by atoms with Gasteiger partial charge >= 0.3 is 0 Å². The third-order valence-corrected chi connectivity index (χ3v) is 11.1. The number of fused-ring (bicyclic) bond motifs is 2. The van der Waals surface area contributed by atoms with Gasteiger partial charge in [0.2, 0.25) is 0 Å². The maximum Gasteiger partial charge on any atom is 0.264 e. The highest BCUT2D eigenvalue weighted by Crippen LogP contribution is 2.49. The zero-order valence-corrected chi connectivity index (χ0v) is 27.1. The van der Waals surface area contributed by atoms with Gasteiger partial charge in [0.1, 0.15) is 0 Å². The van der Waals surface area contributed by atoms with Gasteiger partial charge in [-0.2, -0.15) is 16.8 Å². The molecule has 1 unspecified atom stereocenters. The molecule has 0 saturated heterocycles. The van der Waals surface area contributed by atoms with E-state index in [0.29, 0.717) is 48.8 Å². The summed E-state index contributed by atoms with van der Waals surface area (Å²) in [5.41, 5.74) is 3.07. The summed E-state index contributed by atoms with van der Waals surface area (Å²) >= 11 is 16.0. The number of nitrogens with zero attached hydrogens (tertiary/aromatic N) is 2. The molecule has 0 spiro atoms. The Kier molecular flexibility index (Phi) is 11.1. The number of benzene rings is 2. The minimum atomic E-state index is -4.01. The molecule has 0 amide bonds. The highest BCUT2D eigenvalue weighted by molar-refractivity contribution is 8.03. The number of hydrogen-bond acceptors (Lipinski definition) is 8. The van der Waals surface area contributed by atoms with Crippen molar-refractivity contribution in [1.29, 1.82) is 0 Å². The molecule has 224 valence electrons. The van der Waals surface area contributed by atoms with Crippen molar-refractivity contribution in [2.75, 3.05) is 34.4 Å². The van der Waals surface area contributed by atoms with Crippen LogP contribution in [0.2, 0.25) is 10.0 Å². The minimum absolute atomic E-state index is 0.0348. The van der Waals surface area contributed by atoms with Crippen molar-refractivity contribution >= 4 is 78.3 Å². The van der Waals surface area contributed by atoms with Gasteiger partial charge in [0.15, 0.2) is 0 Å². The second-order valence-electron chi connectivity index (χ2n) is 9.74. The summed E-state index contributed by atoms with van der Waals surface area (Å²) in [6, 6.07) is 11.5. The van der Waals surface area contributed by atoms with Crippen LogP contribution in [0.25, 0.3) is 0 Å². The summed E-state index contributed by atoms with van der Waals surface area (Å²) in [6.45, 7) is 3.26. The fourth-order valence-electron chi connectivity index (χ4n) is 4.66. The van der Waals surface area contributed by atoms with Crippen molar-refractivity contribution in [1.82, 2.24) is 0 Å². The highest BCUT2D eigenvalue weighted by atomic mass is 35.5. The SMILES string of the molecule is CCC(=CC1Sc2ccc(Cl)cc2N1CCCCS(=O)(=O)O)C=C1Sc2ccc(Cl)cc2N1CCCCS(=O)(=O)O. The molecule has 2 aliphatic heterocycles. The van der Waals surface area contributed by atoms with Crippen LogP contribution in [0, 0.1) is 0 Å². The second kappa shape index (κ2) is 13.9. The van der Waals surface area contributed by atoms with Crippen LogP contribution in [-0.4, -0.2) is 55.9 Å². The molecule has 4 rings (SSSR count). The number of anilines is 2. The van der Waals surface area contributed by atoms with E-state index in [2.05, 4.69) is 28.9 Å². The Bertz CT molecular complexity index is 1550. The lowest BCUT2D eigenvalue weighted by atomic mass is 10.1. The van der Waals surface area contributed by atoms with E-state index in [1.807, 2.05) is 36.4 Å². The number of unbranched alkanes of at least 4 members (excludes halogenated alkanes) is 2. The van der Waals surface area contributed by atoms with E-state index in [-0.39, 0.29) is 16.9 Å². The van der Waals surface area contributed by atoms with Gasteiger partial charge in [-0.25, -0.2) is 0 Å². The van der Waals surface area contributed by atoms with E-state index in [0.717, 1.165) is 38.2 Å². The molecule has 0 bridgehead atoms. The molecule has 0 saturated carbocycles. The summed E-state index contributed by atoms with van der Waals surface area (Å²) in [5, 5.41) is 2.21. The molecule has 41 heavy (non-hydrogen) atoms. The lowest BCUT2D eigenvalue weighted by Crippen LogP contribution is -2.29. The van der Waals surface area contributed by atoms with E-state index < -0.39 is 20.2 Å². The molecule has 2 aromatic rings. The van der Waals surface area contributed by atoms with Gasteiger partial charge in [-0.1, -0.05) is 53.6 Å². The van der Waals surface area contributed by atoms with Crippen LogP contribution in [0.1, 0.15) is 39.0 Å². The first-order chi connectivity index (χ1) is 19.3. The van der Waals surface area contributed by atoms with Crippen molar-refractivity contribution in [3.8, 4) is 0 Å². The molecule has 14 heteroatoms. The summed E-state index contributed by atoms with van der Waals surface area (Å²) in [5.74, 6) is -0.551. The van der Waals surface area contributed by atoms with Crippen molar-refractivity contribution in [3.05, 3.63) is 69.2 Å². The molecular weight excluding hydrogens is 647 g/mol. The van der Waals surface area contributed by atoms with E-state index >= 15 is 0 Å². The standard InChI is InChI=1S/C27H32Cl2N2O6S4/c1-2-19(15-26-30(11-3-5-13-40(32,33)34)22-17-20(28)7-9-24(22)38-26)16-27-31(12-4-6-14-41(35,36)37)23-18-21(29)8-10-25(23)39-27/h7-10,15-18,26H,2-6,11-14H2,1H3,(H,32,33,34)(H,35,36,37). The number of thioether (sulfide) groups is 2. The topological polar surface area (TPSA) is 115 Å². The number of hydrogen-bond donors (Lipinski definition) is 2. The molecule has 8 nitrogen and oxygen atoms in total. The monoisotopic (exact) mass is 678 g/mol. The van der Waals surface area contributed by atoms with E-state index in [4.69, 9.17) is 32.3 Å². The molecule has 0 aliphatic carbocycles. The van der Waals surface area contributed by atoms with Crippen molar-refractivity contribution in [3.63, 3.8) is 0 Å². The summed E-state index contributed by atoms with van der Waals surface area (Å²) in [7, 11) is -8.02. The molecular formula is C27H32Cl2N2O6S4. The van der Waals surface area contributed by atoms with E-state index in [1.165, 1.54) is 0 Å². The fraction of sp³-hybridized carbons (Fsp3) is 0.407. The number of halogens is 2. The Hall–Kier alpha value is -1.38. The Morgan fingerprint density at radius 3 is 2.07 bits per heavy atom. The van der Waals surface area contributed by atoms with Gasteiger partial charge in [-0.05, 0) is 86.2 Å². The minimum Gasteiger partial charge on any atom is -0.355 e. The van der Waals surface area contributed by atoms with Crippen LogP contribution in [0.4, 0.5) is 11.4 Å². The zero-order chi connectivity index (χ0) is 29.8. The van der Waals surface area contributed by atoms with Crippen LogP contribution in [0.5, 0.6) is 0 Å². The average molecular weight is 680 g/mol. The van der Waals surface area contributed by atoms with Gasteiger partial charge in [-0.15, -0.1) is 0 Å². The average Bonchev–Trinajstić information content (AvgIpc) is 3.39. The smallest absolute Gasteiger partial charge is 0.264 e. The quantitative estimate of drug-likeness (QED) is 0.164. The molecule has 2 aromatic carbocycles. The van der Waals surface area contributed by atoms with Crippen molar-refractivity contribution in [2.45, 2.75) is 54.2 Å². The first-order valence-electron chi connectivity index (χ1n) is 13.1. The predicted molar refractivity (Wildman–Crippen MR) is 171 cm³/mol. The summed E-state index contributed by atoms with van der Waals surface area (Å²) in [6.07, 6.45) is 6.97. The molecule has 2 aliphatic rings. The molecule has 1 atom stereocenters. The Balaban J connectivity index is 1.58. The Labute approximate surface area is 260 Å². The molecule has 0 aromatic heterocycles. The third-order valence-electron chi connectivity index (χ3n) is 6.64. The zero-order valence-electron chi connectivity index (χ0n) is 22.4. The lowest BCUT2D eigenvalue weighted by molar-refractivity contribution is 0.478. The van der Waals surface area contributed by atoms with Crippen molar-refractivity contribution < 1.29 is 25.9 Å². The van der Waals surface area contributed by atoms with E-state index in [9.17, 15) is 16.8 Å². The lowest BCUT2D eigenvalue weighted by Gasteiger charge is -2.25. The molecule has 2 N–H and O–H groups in total. The van der Waals surface area contributed by atoms with Crippen LogP contribution < -0.4 is 9.80 Å². The Morgan fingerprint density at radius 2 is 1.46 bits per heavy atom. The maximum absolute atomic E-state index is 11.2. The van der Waals surface area contributed by atoms with Gasteiger partial charge in [0.25, 0.3) is 20.2 Å². The summed E-state index contributed by atoms with van der Waals surface area (Å²) in [4.78, 5) is 6.51. The highest BCUT2D eigenvalue weighted by Gasteiger charge is 2.30. The fourth-order valence-corrected chi connectivity index (χ4v) is 8.57. The first kappa shape index (κ1) is 32.5. The van der Waals surface area contributed by atoms with Gasteiger partial charge < -0.3 is 9.80 Å². The predicted octanol–water partition coefficient (Wildman–Crippen LogP) is 7.36. The van der Waals surface area contributed by atoms with Gasteiger partial charge in [0.05, 0.1) is 33.3 Å². The maximum atomic E-state index is 11.2. The summed E-state index contributed by atoms with van der Waals surface area (Å²) < 4.78 is 63.0. The van der Waals surface area contributed by atoms with Crippen LogP contribution in [-0.2, 0) is 20.2 Å². The van der Waals surface area contributed by atoms with Crippen LogP contribution >= 0.6 is 46.7 Å². The normalized spacial score (nSPS) is 18.3. The van der Waals surface area contributed by atoms with Crippen LogP contribution in [0.3, 0.4) is 0 Å². The first-order valence-corrected chi connectivity index (χ1v) is 18.8. The number of allylic oxidation sites excluding steroid dienone is 2. The second-order valence-corrected chi connectivity index (χ2v) is 16.0. The van der Waals surface area contributed by atoms with Crippen LogP contribution in [0.15, 0.2) is 68.9 Å². The third kappa shape index (κ3) is 9.30. The van der Waals surface area contributed by atoms with E-state index in [1.54, 1.807) is 23.5 Å². The van der Waals surface area contributed by atoms with Gasteiger partial charge in [0, 0.05) is 32.9 Å². The molecule has 0 fully saturated rings. The number of rotatable bonds is 13.